The van der Waals surface area contributed by atoms with E-state index < -0.39 is 0 Å². The number of pyridine rings is 1. The summed E-state index contributed by atoms with van der Waals surface area (Å²) in [7, 11) is 3.77. The number of aromatic amines is 1. The molecule has 3 aromatic rings. The maximum absolute atomic E-state index is 4.50. The average molecular weight is 269 g/mol. The minimum Gasteiger partial charge on any atom is -0.357 e. The van der Waals surface area contributed by atoms with Crippen molar-refractivity contribution in [1.82, 2.24) is 25.1 Å². The normalized spacial score (nSPS) is 10.7. The molecule has 0 aliphatic rings. The Bertz CT molecular complexity index is 707. The van der Waals surface area contributed by atoms with E-state index in [2.05, 4.69) is 30.5 Å². The van der Waals surface area contributed by atoms with Crippen molar-refractivity contribution in [2.75, 3.05) is 24.3 Å². The van der Waals surface area contributed by atoms with E-state index in [1.165, 1.54) is 0 Å². The molecule has 0 saturated carbocycles. The van der Waals surface area contributed by atoms with Crippen molar-refractivity contribution in [2.24, 2.45) is 0 Å². The molecule has 0 aromatic carbocycles. The zero-order valence-corrected chi connectivity index (χ0v) is 11.3. The van der Waals surface area contributed by atoms with Crippen molar-refractivity contribution in [3.05, 3.63) is 36.3 Å². The molecule has 102 valence electrons. The Kier molecular flexibility index (Phi) is 3.16. The second kappa shape index (κ2) is 5.12. The summed E-state index contributed by atoms with van der Waals surface area (Å²) < 4.78 is 0. The van der Waals surface area contributed by atoms with Gasteiger partial charge in [-0.3, -0.25) is 10.1 Å². The van der Waals surface area contributed by atoms with Crippen LogP contribution in [0.1, 0.15) is 5.69 Å². The molecule has 0 radical (unpaired) electrons. The zero-order valence-electron chi connectivity index (χ0n) is 11.3. The van der Waals surface area contributed by atoms with Crippen LogP contribution >= 0.6 is 0 Å². The van der Waals surface area contributed by atoms with Crippen LogP contribution in [0.5, 0.6) is 0 Å². The standard InChI is InChI=1S/C13H15N7/c1-14-13-17-11-10(7-16-19-11)12(18-13)20(2)8-9-5-3-4-6-15-9/h3-7H,8H2,1-2H3,(H2,14,16,17,18,19). The number of fused-ring (bicyclic) bond motifs is 1. The number of nitrogens with zero attached hydrogens (tertiary/aromatic N) is 5. The van der Waals surface area contributed by atoms with Crippen LogP contribution < -0.4 is 10.2 Å². The monoisotopic (exact) mass is 269 g/mol. The number of aromatic nitrogens is 5. The third-order valence-corrected chi connectivity index (χ3v) is 3.00. The third kappa shape index (κ3) is 2.25. The lowest BCUT2D eigenvalue weighted by Gasteiger charge is -2.18. The molecule has 7 nitrogen and oxygen atoms in total. The fourth-order valence-corrected chi connectivity index (χ4v) is 2.03. The lowest BCUT2D eigenvalue weighted by Crippen LogP contribution is -2.19. The average Bonchev–Trinajstić information content (AvgIpc) is 2.95. The number of hydrogen-bond acceptors (Lipinski definition) is 6. The lowest BCUT2D eigenvalue weighted by atomic mass is 10.3. The molecule has 0 unspecified atom stereocenters. The van der Waals surface area contributed by atoms with Crippen molar-refractivity contribution in [2.45, 2.75) is 6.54 Å². The van der Waals surface area contributed by atoms with Gasteiger partial charge in [0, 0.05) is 20.3 Å². The highest BCUT2D eigenvalue weighted by molar-refractivity contribution is 5.87. The molecule has 0 aliphatic carbocycles. The van der Waals surface area contributed by atoms with Crippen LogP contribution in [0, 0.1) is 0 Å². The van der Waals surface area contributed by atoms with E-state index in [1.54, 1.807) is 19.4 Å². The van der Waals surface area contributed by atoms with Crippen LogP contribution in [-0.2, 0) is 6.54 Å². The molecule has 3 rings (SSSR count). The first-order valence-corrected chi connectivity index (χ1v) is 6.28. The summed E-state index contributed by atoms with van der Waals surface area (Å²) in [6.45, 7) is 0.668. The third-order valence-electron chi connectivity index (χ3n) is 3.00. The molecular formula is C13H15N7. The summed E-state index contributed by atoms with van der Waals surface area (Å²) in [6.07, 6.45) is 3.52. The Morgan fingerprint density at radius 1 is 1.30 bits per heavy atom. The minimum atomic E-state index is 0.560. The van der Waals surface area contributed by atoms with Crippen molar-refractivity contribution in [3.8, 4) is 0 Å². The van der Waals surface area contributed by atoms with Crippen LogP contribution in [0.4, 0.5) is 11.8 Å². The van der Waals surface area contributed by atoms with Gasteiger partial charge in [0.1, 0.15) is 5.82 Å². The first kappa shape index (κ1) is 12.3. The van der Waals surface area contributed by atoms with Gasteiger partial charge in [-0.25, -0.2) is 0 Å². The molecule has 0 saturated heterocycles. The number of nitrogens with one attached hydrogen (secondary N) is 2. The van der Waals surface area contributed by atoms with Crippen molar-refractivity contribution in [1.29, 1.82) is 0 Å². The maximum atomic E-state index is 4.50. The molecule has 0 aliphatic heterocycles. The zero-order chi connectivity index (χ0) is 13.9. The highest BCUT2D eigenvalue weighted by Gasteiger charge is 2.13. The van der Waals surface area contributed by atoms with Crippen molar-refractivity contribution < 1.29 is 0 Å². The Morgan fingerprint density at radius 3 is 2.95 bits per heavy atom. The largest absolute Gasteiger partial charge is 0.357 e. The van der Waals surface area contributed by atoms with Gasteiger partial charge >= 0.3 is 0 Å². The van der Waals surface area contributed by atoms with Crippen molar-refractivity contribution >= 4 is 22.8 Å². The van der Waals surface area contributed by atoms with E-state index in [1.807, 2.05) is 30.1 Å². The predicted molar refractivity (Wildman–Crippen MR) is 77.6 cm³/mol. The van der Waals surface area contributed by atoms with Crippen molar-refractivity contribution in [3.63, 3.8) is 0 Å². The van der Waals surface area contributed by atoms with E-state index in [4.69, 9.17) is 0 Å². The molecule has 0 spiro atoms. The molecule has 3 aromatic heterocycles. The fraction of sp³-hybridized carbons (Fsp3) is 0.231. The van der Waals surface area contributed by atoms with Gasteiger partial charge in [-0.15, -0.1) is 0 Å². The van der Waals surface area contributed by atoms with E-state index in [9.17, 15) is 0 Å². The van der Waals surface area contributed by atoms with Gasteiger partial charge in [0.15, 0.2) is 5.65 Å². The highest BCUT2D eigenvalue weighted by Crippen LogP contribution is 2.23. The van der Waals surface area contributed by atoms with Gasteiger partial charge in [-0.05, 0) is 12.1 Å². The van der Waals surface area contributed by atoms with Gasteiger partial charge in [0.2, 0.25) is 5.95 Å². The Labute approximate surface area is 116 Å². The first-order valence-electron chi connectivity index (χ1n) is 6.28. The van der Waals surface area contributed by atoms with Gasteiger partial charge in [-0.1, -0.05) is 6.07 Å². The number of anilines is 2. The van der Waals surface area contributed by atoms with Crippen LogP contribution in [0.2, 0.25) is 0 Å². The van der Waals surface area contributed by atoms with Gasteiger partial charge in [0.05, 0.1) is 23.8 Å². The summed E-state index contributed by atoms with van der Waals surface area (Å²) >= 11 is 0. The summed E-state index contributed by atoms with van der Waals surface area (Å²) in [5.74, 6) is 1.38. The van der Waals surface area contributed by atoms with Gasteiger partial charge in [-0.2, -0.15) is 15.1 Å². The molecule has 7 heteroatoms. The molecule has 20 heavy (non-hydrogen) atoms. The summed E-state index contributed by atoms with van der Waals surface area (Å²) in [4.78, 5) is 15.2. The van der Waals surface area contributed by atoms with Gasteiger partial charge < -0.3 is 10.2 Å². The highest BCUT2D eigenvalue weighted by atomic mass is 15.2. The number of H-pyrrole nitrogens is 1. The number of hydrogen-bond donors (Lipinski definition) is 2. The smallest absolute Gasteiger partial charge is 0.226 e. The Morgan fingerprint density at radius 2 is 2.20 bits per heavy atom. The summed E-state index contributed by atoms with van der Waals surface area (Å²) in [5.41, 5.74) is 1.70. The quantitative estimate of drug-likeness (QED) is 0.745. The topological polar surface area (TPSA) is 82.6 Å². The Balaban J connectivity index is 1.98. The molecule has 0 fully saturated rings. The van der Waals surface area contributed by atoms with E-state index >= 15 is 0 Å². The first-order chi connectivity index (χ1) is 9.78. The van der Waals surface area contributed by atoms with E-state index in [-0.39, 0.29) is 0 Å². The predicted octanol–water partition coefficient (Wildman–Crippen LogP) is 1.43. The second-order valence-electron chi connectivity index (χ2n) is 4.43. The van der Waals surface area contributed by atoms with Crippen LogP contribution in [0.25, 0.3) is 11.0 Å². The number of rotatable bonds is 4. The fourth-order valence-electron chi connectivity index (χ4n) is 2.03. The van der Waals surface area contributed by atoms with Crippen LogP contribution in [-0.4, -0.2) is 39.2 Å². The Hall–Kier alpha value is -2.70. The minimum absolute atomic E-state index is 0.560. The molecule has 0 bridgehead atoms. The lowest BCUT2D eigenvalue weighted by molar-refractivity contribution is 0.869. The molecular weight excluding hydrogens is 254 g/mol. The summed E-state index contributed by atoms with van der Waals surface area (Å²) in [5, 5.41) is 10.7. The summed E-state index contributed by atoms with van der Waals surface area (Å²) in [6, 6.07) is 5.87. The van der Waals surface area contributed by atoms with Gasteiger partial charge in [0.25, 0.3) is 0 Å². The SMILES string of the molecule is CNc1nc(N(C)Cc2ccccn2)c2cn[nH]c2n1. The second-order valence-corrected chi connectivity index (χ2v) is 4.43. The maximum Gasteiger partial charge on any atom is 0.226 e. The molecule has 0 amide bonds. The van der Waals surface area contributed by atoms with Crippen LogP contribution in [0.3, 0.4) is 0 Å². The van der Waals surface area contributed by atoms with E-state index in [0.29, 0.717) is 18.1 Å². The van der Waals surface area contributed by atoms with Crippen LogP contribution in [0.15, 0.2) is 30.6 Å². The van der Waals surface area contributed by atoms with E-state index in [0.717, 1.165) is 16.9 Å². The molecule has 3 heterocycles. The molecule has 0 atom stereocenters. The molecule has 2 N–H and O–H groups in total.